The third-order valence-corrected chi connectivity index (χ3v) is 4.66. The van der Waals surface area contributed by atoms with Crippen molar-refractivity contribution in [1.29, 1.82) is 0 Å². The summed E-state index contributed by atoms with van der Waals surface area (Å²) in [7, 11) is 0. The van der Waals surface area contributed by atoms with E-state index in [1.54, 1.807) is 0 Å². The molecule has 19 heavy (non-hydrogen) atoms. The van der Waals surface area contributed by atoms with Crippen LogP contribution in [0, 0.1) is 13.8 Å². The summed E-state index contributed by atoms with van der Waals surface area (Å²) in [6.45, 7) is 8.99. The Bertz CT molecular complexity index is 567. The van der Waals surface area contributed by atoms with E-state index in [4.69, 9.17) is 4.42 Å². The molecular formula is C13H17Br2N3O. The Labute approximate surface area is 129 Å². The Morgan fingerprint density at radius 3 is 2.53 bits per heavy atom. The number of halogens is 2. The van der Waals surface area contributed by atoms with Crippen LogP contribution in [0.3, 0.4) is 0 Å². The molecule has 0 aliphatic rings. The second-order valence-corrected chi connectivity index (χ2v) is 6.35. The Kier molecular flexibility index (Phi) is 4.40. The van der Waals surface area contributed by atoms with Crippen molar-refractivity contribution in [2.75, 3.05) is 5.32 Å². The quantitative estimate of drug-likeness (QED) is 0.814. The van der Waals surface area contributed by atoms with Gasteiger partial charge in [0.05, 0.1) is 28.1 Å². The summed E-state index contributed by atoms with van der Waals surface area (Å²) >= 11 is 6.75. The average Bonchev–Trinajstić information content (AvgIpc) is 2.79. The molecule has 0 aliphatic carbocycles. The van der Waals surface area contributed by atoms with Gasteiger partial charge in [0.25, 0.3) is 0 Å². The summed E-state index contributed by atoms with van der Waals surface area (Å²) in [6, 6.07) is 2.32. The van der Waals surface area contributed by atoms with Crippen LogP contribution < -0.4 is 5.32 Å². The van der Waals surface area contributed by atoms with E-state index in [0.717, 1.165) is 32.0 Å². The largest absolute Gasteiger partial charge is 0.451 e. The van der Waals surface area contributed by atoms with Crippen molar-refractivity contribution in [3.8, 4) is 0 Å². The molecule has 0 saturated heterocycles. The minimum atomic E-state index is 0.362. The van der Waals surface area contributed by atoms with Gasteiger partial charge in [-0.2, -0.15) is 5.10 Å². The van der Waals surface area contributed by atoms with Crippen LogP contribution in [0.1, 0.15) is 37.0 Å². The number of aryl methyl sites for hydroxylation is 1. The van der Waals surface area contributed by atoms with Gasteiger partial charge in [0.1, 0.15) is 5.76 Å². The zero-order valence-corrected chi connectivity index (χ0v) is 14.6. The lowest BCUT2D eigenvalue weighted by Crippen LogP contribution is -2.06. The van der Waals surface area contributed by atoms with E-state index < -0.39 is 0 Å². The molecule has 2 aromatic heterocycles. The number of aromatic nitrogens is 2. The molecule has 0 spiro atoms. The fraction of sp³-hybridized carbons (Fsp3) is 0.462. The SMILES string of the molecule is Cc1nn(C(C)C)c(C)c1NCc1cc(Br)c(Br)o1. The predicted molar refractivity (Wildman–Crippen MR) is 83.5 cm³/mol. The van der Waals surface area contributed by atoms with E-state index in [-0.39, 0.29) is 0 Å². The van der Waals surface area contributed by atoms with Crippen molar-refractivity contribution in [3.05, 3.63) is 32.4 Å². The first-order chi connectivity index (χ1) is 8.90. The standard InChI is InChI=1S/C13H17Br2N3O/c1-7(2)18-9(4)12(8(3)17-18)16-6-10-5-11(14)13(15)19-10/h5,7,16H,6H2,1-4H3. The van der Waals surface area contributed by atoms with Gasteiger partial charge in [0.15, 0.2) is 4.67 Å². The molecule has 2 aromatic rings. The zero-order valence-electron chi connectivity index (χ0n) is 11.4. The third kappa shape index (κ3) is 3.05. The van der Waals surface area contributed by atoms with Gasteiger partial charge >= 0.3 is 0 Å². The highest BCUT2D eigenvalue weighted by atomic mass is 79.9. The van der Waals surface area contributed by atoms with Gasteiger partial charge in [0, 0.05) is 6.04 Å². The molecule has 6 heteroatoms. The minimum Gasteiger partial charge on any atom is -0.451 e. The second kappa shape index (κ2) is 5.71. The number of furan rings is 1. The second-order valence-electron chi connectivity index (χ2n) is 4.77. The summed E-state index contributed by atoms with van der Waals surface area (Å²) in [5.74, 6) is 0.870. The first-order valence-electron chi connectivity index (χ1n) is 6.13. The number of hydrogen-bond donors (Lipinski definition) is 1. The van der Waals surface area contributed by atoms with Crippen LogP contribution >= 0.6 is 31.9 Å². The number of nitrogens with zero attached hydrogens (tertiary/aromatic N) is 2. The maximum atomic E-state index is 5.55. The zero-order chi connectivity index (χ0) is 14.2. The van der Waals surface area contributed by atoms with Crippen LogP contribution in [0.4, 0.5) is 5.69 Å². The van der Waals surface area contributed by atoms with Gasteiger partial charge in [-0.1, -0.05) is 0 Å². The summed E-state index contributed by atoms with van der Waals surface area (Å²) in [5.41, 5.74) is 3.24. The van der Waals surface area contributed by atoms with Gasteiger partial charge in [-0.05, 0) is 65.6 Å². The van der Waals surface area contributed by atoms with Crippen molar-refractivity contribution >= 4 is 37.5 Å². The molecule has 0 saturated carbocycles. The molecule has 0 unspecified atom stereocenters. The fourth-order valence-electron chi connectivity index (χ4n) is 2.08. The molecule has 0 atom stereocenters. The van der Waals surface area contributed by atoms with E-state index in [1.807, 2.05) is 17.7 Å². The number of hydrogen-bond acceptors (Lipinski definition) is 3. The maximum Gasteiger partial charge on any atom is 0.183 e. The van der Waals surface area contributed by atoms with Gasteiger partial charge in [0.2, 0.25) is 0 Å². The van der Waals surface area contributed by atoms with Crippen molar-refractivity contribution < 1.29 is 4.42 Å². The van der Waals surface area contributed by atoms with E-state index in [0.29, 0.717) is 12.6 Å². The summed E-state index contributed by atoms with van der Waals surface area (Å²) in [4.78, 5) is 0. The number of rotatable bonds is 4. The number of nitrogens with one attached hydrogen (secondary N) is 1. The van der Waals surface area contributed by atoms with Gasteiger partial charge < -0.3 is 9.73 Å². The van der Waals surface area contributed by atoms with E-state index in [9.17, 15) is 0 Å². The van der Waals surface area contributed by atoms with E-state index in [1.165, 1.54) is 0 Å². The molecule has 0 aromatic carbocycles. The van der Waals surface area contributed by atoms with Crippen molar-refractivity contribution in [2.24, 2.45) is 0 Å². The van der Waals surface area contributed by atoms with Crippen molar-refractivity contribution in [1.82, 2.24) is 9.78 Å². The summed E-state index contributed by atoms with van der Waals surface area (Å²) in [6.07, 6.45) is 0. The molecule has 0 fully saturated rings. The number of anilines is 1. The van der Waals surface area contributed by atoms with Crippen LogP contribution in [0.15, 0.2) is 19.6 Å². The molecule has 1 N–H and O–H groups in total. The summed E-state index contributed by atoms with van der Waals surface area (Å²) < 4.78 is 9.23. The molecule has 4 nitrogen and oxygen atoms in total. The lowest BCUT2D eigenvalue weighted by Gasteiger charge is -2.09. The molecule has 2 heterocycles. The Hall–Kier alpha value is -0.750. The monoisotopic (exact) mass is 389 g/mol. The smallest absolute Gasteiger partial charge is 0.183 e. The maximum absolute atomic E-state index is 5.55. The Morgan fingerprint density at radius 2 is 2.05 bits per heavy atom. The highest BCUT2D eigenvalue weighted by molar-refractivity contribution is 9.13. The normalized spacial score (nSPS) is 11.3. The molecule has 2 rings (SSSR count). The third-order valence-electron chi connectivity index (χ3n) is 2.95. The molecule has 0 bridgehead atoms. The first kappa shape index (κ1) is 14.7. The molecule has 104 valence electrons. The summed E-state index contributed by atoms with van der Waals surface area (Å²) in [5, 5.41) is 7.94. The van der Waals surface area contributed by atoms with Crippen LogP contribution in [-0.2, 0) is 6.54 Å². The lowest BCUT2D eigenvalue weighted by molar-refractivity contribution is 0.494. The van der Waals surface area contributed by atoms with Crippen LogP contribution in [0.5, 0.6) is 0 Å². The van der Waals surface area contributed by atoms with Crippen LogP contribution in [0.2, 0.25) is 0 Å². The minimum absolute atomic E-state index is 0.362. The Morgan fingerprint density at radius 1 is 1.37 bits per heavy atom. The van der Waals surface area contributed by atoms with Crippen LogP contribution in [-0.4, -0.2) is 9.78 Å². The molecular weight excluding hydrogens is 374 g/mol. The van der Waals surface area contributed by atoms with Crippen LogP contribution in [0.25, 0.3) is 0 Å². The van der Waals surface area contributed by atoms with E-state index >= 15 is 0 Å². The lowest BCUT2D eigenvalue weighted by atomic mass is 10.3. The van der Waals surface area contributed by atoms with Gasteiger partial charge in [-0.3, -0.25) is 4.68 Å². The predicted octanol–water partition coefficient (Wildman–Crippen LogP) is 4.81. The first-order valence-corrected chi connectivity index (χ1v) is 7.72. The van der Waals surface area contributed by atoms with Gasteiger partial charge in [-0.25, -0.2) is 0 Å². The van der Waals surface area contributed by atoms with E-state index in [2.05, 4.69) is 63.0 Å². The molecule has 0 radical (unpaired) electrons. The fourth-order valence-corrected chi connectivity index (χ4v) is 2.73. The van der Waals surface area contributed by atoms with Crippen molar-refractivity contribution in [2.45, 2.75) is 40.3 Å². The highest BCUT2D eigenvalue weighted by Crippen LogP contribution is 2.28. The average molecular weight is 391 g/mol. The van der Waals surface area contributed by atoms with Gasteiger partial charge in [-0.15, -0.1) is 0 Å². The highest BCUT2D eigenvalue weighted by Gasteiger charge is 2.14. The molecule has 0 aliphatic heterocycles. The Balaban J connectivity index is 2.15. The topological polar surface area (TPSA) is 43.0 Å². The van der Waals surface area contributed by atoms with Crippen molar-refractivity contribution in [3.63, 3.8) is 0 Å². The molecule has 0 amide bonds.